The monoisotopic (exact) mass is 301 g/mol. The van der Waals surface area contributed by atoms with Gasteiger partial charge in [0.05, 0.1) is 22.6 Å². The summed E-state index contributed by atoms with van der Waals surface area (Å²) in [7, 11) is 0. The highest BCUT2D eigenvalue weighted by Gasteiger charge is 2.33. The van der Waals surface area contributed by atoms with Crippen LogP contribution in [0.4, 0.5) is 0 Å². The molecule has 0 aliphatic carbocycles. The Labute approximate surface area is 123 Å². The number of carbonyl (C=O) groups is 1. The smallest absolute Gasteiger partial charge is 0.310 e. The fraction of sp³-hybridized carbons (Fsp3) is 0.500. The number of hydrogen-bond acceptors (Lipinski definition) is 3. The fourth-order valence-corrected chi connectivity index (χ4v) is 2.80. The normalized spacial score (nSPS) is 23.1. The summed E-state index contributed by atoms with van der Waals surface area (Å²) in [5.41, 5.74) is 1.05. The minimum Gasteiger partial charge on any atom is -0.466 e. The first-order valence-electron chi connectivity index (χ1n) is 6.45. The number of piperidine rings is 1. The van der Waals surface area contributed by atoms with Crippen molar-refractivity contribution in [1.29, 1.82) is 0 Å². The molecule has 1 saturated heterocycles. The summed E-state index contributed by atoms with van der Waals surface area (Å²) in [6.45, 7) is 3.76. The molecule has 1 aliphatic heterocycles. The average Bonchev–Trinajstić information content (AvgIpc) is 2.42. The number of benzene rings is 1. The highest BCUT2D eigenvalue weighted by molar-refractivity contribution is 6.42. The number of hydrogen-bond donors (Lipinski definition) is 1. The van der Waals surface area contributed by atoms with Gasteiger partial charge in [-0.1, -0.05) is 29.3 Å². The fourth-order valence-electron chi connectivity index (χ4n) is 2.50. The van der Waals surface area contributed by atoms with E-state index in [4.69, 9.17) is 27.9 Å². The number of nitrogens with one attached hydrogen (secondary N) is 1. The molecule has 0 amide bonds. The summed E-state index contributed by atoms with van der Waals surface area (Å²) < 4.78 is 5.15. The Morgan fingerprint density at radius 3 is 2.89 bits per heavy atom. The van der Waals surface area contributed by atoms with Gasteiger partial charge in [0.25, 0.3) is 0 Å². The number of rotatable bonds is 3. The molecule has 1 N–H and O–H groups in total. The summed E-state index contributed by atoms with van der Waals surface area (Å²) >= 11 is 12.0. The second-order valence-corrected chi connectivity index (χ2v) is 5.45. The molecule has 2 atom stereocenters. The standard InChI is InChI=1S/C14H17Cl2NO2/c1-2-19-14(18)11-8-17-6-5-10(11)9-3-4-12(15)13(16)7-9/h3-4,7,10-11,17H,2,5-6,8H2,1H3. The summed E-state index contributed by atoms with van der Waals surface area (Å²) in [6, 6.07) is 5.58. The van der Waals surface area contributed by atoms with Crippen molar-refractivity contribution in [2.45, 2.75) is 19.3 Å². The van der Waals surface area contributed by atoms with Gasteiger partial charge in [-0.15, -0.1) is 0 Å². The molecule has 0 saturated carbocycles. The van der Waals surface area contributed by atoms with Crippen LogP contribution in [0.3, 0.4) is 0 Å². The van der Waals surface area contributed by atoms with Crippen LogP contribution in [-0.2, 0) is 9.53 Å². The summed E-state index contributed by atoms with van der Waals surface area (Å²) in [4.78, 5) is 12.0. The topological polar surface area (TPSA) is 38.3 Å². The molecule has 0 radical (unpaired) electrons. The van der Waals surface area contributed by atoms with Crippen LogP contribution in [0.25, 0.3) is 0 Å². The molecule has 1 aromatic carbocycles. The summed E-state index contributed by atoms with van der Waals surface area (Å²) in [5, 5.41) is 4.30. The summed E-state index contributed by atoms with van der Waals surface area (Å²) in [5.74, 6) is -0.174. The zero-order chi connectivity index (χ0) is 13.8. The molecular weight excluding hydrogens is 285 g/mol. The average molecular weight is 302 g/mol. The van der Waals surface area contributed by atoms with Crippen molar-refractivity contribution < 1.29 is 9.53 Å². The van der Waals surface area contributed by atoms with Gasteiger partial charge in [0.2, 0.25) is 0 Å². The second-order valence-electron chi connectivity index (χ2n) is 4.63. The van der Waals surface area contributed by atoms with E-state index in [1.807, 2.05) is 19.1 Å². The number of esters is 1. The van der Waals surface area contributed by atoms with Gasteiger partial charge in [0, 0.05) is 6.54 Å². The van der Waals surface area contributed by atoms with Gasteiger partial charge in [-0.05, 0) is 43.5 Å². The van der Waals surface area contributed by atoms with E-state index in [0.29, 0.717) is 23.2 Å². The Hall–Kier alpha value is -0.770. The molecule has 1 aliphatic rings. The number of ether oxygens (including phenoxy) is 1. The van der Waals surface area contributed by atoms with Crippen LogP contribution in [0.5, 0.6) is 0 Å². The maximum atomic E-state index is 12.0. The van der Waals surface area contributed by atoms with Crippen molar-refractivity contribution in [3.05, 3.63) is 33.8 Å². The zero-order valence-electron chi connectivity index (χ0n) is 10.8. The number of carbonyl (C=O) groups excluding carboxylic acids is 1. The molecule has 2 rings (SSSR count). The van der Waals surface area contributed by atoms with Crippen LogP contribution in [0.1, 0.15) is 24.8 Å². The molecule has 0 bridgehead atoms. The SMILES string of the molecule is CCOC(=O)C1CNCCC1c1ccc(Cl)c(Cl)c1. The Kier molecular flexibility index (Phi) is 5.08. The van der Waals surface area contributed by atoms with E-state index in [0.717, 1.165) is 18.5 Å². The second kappa shape index (κ2) is 6.60. The molecular formula is C14H17Cl2NO2. The predicted molar refractivity (Wildman–Crippen MR) is 76.8 cm³/mol. The molecule has 1 heterocycles. The lowest BCUT2D eigenvalue weighted by molar-refractivity contribution is -0.149. The van der Waals surface area contributed by atoms with E-state index in [-0.39, 0.29) is 17.8 Å². The van der Waals surface area contributed by atoms with Crippen LogP contribution in [0.15, 0.2) is 18.2 Å². The molecule has 5 heteroatoms. The largest absolute Gasteiger partial charge is 0.466 e. The third-order valence-electron chi connectivity index (χ3n) is 3.44. The molecule has 104 valence electrons. The van der Waals surface area contributed by atoms with Gasteiger partial charge >= 0.3 is 5.97 Å². The predicted octanol–water partition coefficient (Wildman–Crippen LogP) is 3.25. The van der Waals surface area contributed by atoms with Gasteiger partial charge in [-0.3, -0.25) is 4.79 Å². The Bertz CT molecular complexity index is 465. The molecule has 0 aromatic heterocycles. The van der Waals surface area contributed by atoms with E-state index in [2.05, 4.69) is 5.32 Å². The van der Waals surface area contributed by atoms with E-state index in [9.17, 15) is 4.79 Å². The summed E-state index contributed by atoms with van der Waals surface area (Å²) in [6.07, 6.45) is 0.890. The first-order valence-corrected chi connectivity index (χ1v) is 7.21. The van der Waals surface area contributed by atoms with E-state index in [1.165, 1.54) is 0 Å². The maximum Gasteiger partial charge on any atom is 0.310 e. The molecule has 0 spiro atoms. The van der Waals surface area contributed by atoms with Crippen molar-refractivity contribution in [2.24, 2.45) is 5.92 Å². The van der Waals surface area contributed by atoms with E-state index < -0.39 is 0 Å². The highest BCUT2D eigenvalue weighted by Crippen LogP contribution is 2.34. The lowest BCUT2D eigenvalue weighted by Gasteiger charge is -2.31. The van der Waals surface area contributed by atoms with Crippen molar-refractivity contribution >= 4 is 29.2 Å². The van der Waals surface area contributed by atoms with Gasteiger partial charge in [-0.25, -0.2) is 0 Å². The van der Waals surface area contributed by atoms with Crippen LogP contribution in [0.2, 0.25) is 10.0 Å². The molecule has 1 aromatic rings. The zero-order valence-corrected chi connectivity index (χ0v) is 12.3. The highest BCUT2D eigenvalue weighted by atomic mass is 35.5. The van der Waals surface area contributed by atoms with Gasteiger partial charge in [0.1, 0.15) is 0 Å². The lowest BCUT2D eigenvalue weighted by Crippen LogP contribution is -2.40. The Morgan fingerprint density at radius 2 is 2.21 bits per heavy atom. The van der Waals surface area contributed by atoms with Crippen molar-refractivity contribution in [1.82, 2.24) is 5.32 Å². The van der Waals surface area contributed by atoms with Crippen LogP contribution in [0, 0.1) is 5.92 Å². The minimum absolute atomic E-state index is 0.134. The third-order valence-corrected chi connectivity index (χ3v) is 4.18. The third kappa shape index (κ3) is 3.41. The molecule has 1 fully saturated rings. The van der Waals surface area contributed by atoms with Gasteiger partial charge < -0.3 is 10.1 Å². The Balaban J connectivity index is 2.23. The van der Waals surface area contributed by atoms with Crippen LogP contribution >= 0.6 is 23.2 Å². The van der Waals surface area contributed by atoms with E-state index in [1.54, 1.807) is 6.07 Å². The molecule has 19 heavy (non-hydrogen) atoms. The first kappa shape index (κ1) is 14.6. The van der Waals surface area contributed by atoms with E-state index >= 15 is 0 Å². The van der Waals surface area contributed by atoms with Crippen molar-refractivity contribution in [3.63, 3.8) is 0 Å². The minimum atomic E-state index is -0.161. The van der Waals surface area contributed by atoms with Crippen molar-refractivity contribution in [2.75, 3.05) is 19.7 Å². The van der Waals surface area contributed by atoms with Gasteiger partial charge in [0.15, 0.2) is 0 Å². The van der Waals surface area contributed by atoms with Gasteiger partial charge in [-0.2, -0.15) is 0 Å². The first-order chi connectivity index (χ1) is 9.13. The maximum absolute atomic E-state index is 12.0. The molecule has 3 nitrogen and oxygen atoms in total. The van der Waals surface area contributed by atoms with Crippen LogP contribution < -0.4 is 5.32 Å². The van der Waals surface area contributed by atoms with Crippen LogP contribution in [-0.4, -0.2) is 25.7 Å². The number of halogens is 2. The quantitative estimate of drug-likeness (QED) is 0.871. The van der Waals surface area contributed by atoms with Crippen molar-refractivity contribution in [3.8, 4) is 0 Å². The lowest BCUT2D eigenvalue weighted by atomic mass is 9.81. The Morgan fingerprint density at radius 1 is 1.42 bits per heavy atom. The molecule has 2 unspecified atom stereocenters.